The van der Waals surface area contributed by atoms with Crippen molar-refractivity contribution in [2.75, 3.05) is 19.8 Å². The summed E-state index contributed by atoms with van der Waals surface area (Å²) in [6.07, 6.45) is 0. The van der Waals surface area contributed by atoms with Crippen LogP contribution in [-0.2, 0) is 11.3 Å². The monoisotopic (exact) mass is 479 g/mol. The Hall–Kier alpha value is -4.27. The van der Waals surface area contributed by atoms with Gasteiger partial charge in [-0.25, -0.2) is 13.5 Å². The molecule has 0 bridgehead atoms. The van der Waals surface area contributed by atoms with Crippen LogP contribution in [0.3, 0.4) is 0 Å². The summed E-state index contributed by atoms with van der Waals surface area (Å²) in [5.41, 5.74) is 0.0940. The third-order valence-electron chi connectivity index (χ3n) is 5.18. The number of nitrogens with one attached hydrogen (secondary N) is 1. The predicted molar refractivity (Wildman–Crippen MR) is 127 cm³/mol. The fraction of sp³-hybridized carbons (Fsp3) is 0.192. The molecule has 7 nitrogen and oxygen atoms in total. The molecule has 0 aliphatic carbocycles. The van der Waals surface area contributed by atoms with Crippen molar-refractivity contribution in [1.29, 1.82) is 0 Å². The first-order valence-electron chi connectivity index (χ1n) is 11.0. The van der Waals surface area contributed by atoms with Crippen molar-refractivity contribution in [2.24, 2.45) is 0 Å². The number of rotatable bonds is 9. The largest absolute Gasteiger partial charge is 0.494 e. The Kier molecular flexibility index (Phi) is 7.35. The van der Waals surface area contributed by atoms with Crippen LogP contribution < -0.4 is 20.3 Å². The number of hydrogen-bond donors (Lipinski definition) is 1. The number of carbonyl (C=O) groups excluding carboxylic acids is 1. The second kappa shape index (κ2) is 10.8. The van der Waals surface area contributed by atoms with Crippen molar-refractivity contribution in [3.63, 3.8) is 0 Å². The molecule has 4 aromatic rings. The highest BCUT2D eigenvalue weighted by Crippen LogP contribution is 2.26. The molecule has 1 N–H and O–H groups in total. The first-order valence-corrected chi connectivity index (χ1v) is 11.0. The summed E-state index contributed by atoms with van der Waals surface area (Å²) in [7, 11) is 0. The molecule has 35 heavy (non-hydrogen) atoms. The van der Waals surface area contributed by atoms with E-state index in [4.69, 9.17) is 9.47 Å². The number of amides is 1. The molecule has 0 aliphatic heterocycles. The number of halogens is 2. The molecule has 0 saturated heterocycles. The highest BCUT2D eigenvalue weighted by Gasteiger charge is 2.15. The van der Waals surface area contributed by atoms with Crippen molar-refractivity contribution in [2.45, 2.75) is 13.5 Å². The molecule has 0 radical (unpaired) electrons. The minimum absolute atomic E-state index is 0.213. The second-order valence-electron chi connectivity index (χ2n) is 7.59. The fourth-order valence-corrected chi connectivity index (χ4v) is 3.55. The van der Waals surface area contributed by atoms with Crippen LogP contribution in [0.2, 0.25) is 0 Å². The molecule has 1 heterocycles. The maximum atomic E-state index is 13.9. The molecule has 0 fully saturated rings. The van der Waals surface area contributed by atoms with Gasteiger partial charge in [0.05, 0.1) is 24.2 Å². The van der Waals surface area contributed by atoms with Crippen LogP contribution in [0.5, 0.6) is 11.5 Å². The molecule has 9 heteroatoms. The molecule has 1 amide bonds. The molecule has 0 unspecified atom stereocenters. The number of aromatic nitrogens is 2. The zero-order valence-corrected chi connectivity index (χ0v) is 19.0. The van der Waals surface area contributed by atoms with Gasteiger partial charge in [0, 0.05) is 10.9 Å². The van der Waals surface area contributed by atoms with E-state index in [1.165, 1.54) is 6.07 Å². The SMILES string of the molecule is CCOc1ccc(OCCNC(=O)Cn2nc(-c3ccc(F)c(F)c3)c3ccccc3c2=O)cc1. The van der Waals surface area contributed by atoms with Gasteiger partial charge in [0.15, 0.2) is 11.6 Å². The molecule has 3 aromatic carbocycles. The Morgan fingerprint density at radius 2 is 1.63 bits per heavy atom. The Bertz CT molecular complexity index is 1400. The molecular formula is C26H23F2N3O4. The Morgan fingerprint density at radius 3 is 2.31 bits per heavy atom. The number of nitrogens with zero attached hydrogens (tertiary/aromatic N) is 2. The Labute approximate surface area is 199 Å². The quantitative estimate of drug-likeness (QED) is 0.368. The van der Waals surface area contributed by atoms with E-state index >= 15 is 0 Å². The van der Waals surface area contributed by atoms with Gasteiger partial charge in [0.1, 0.15) is 24.7 Å². The molecule has 4 rings (SSSR count). The van der Waals surface area contributed by atoms with E-state index < -0.39 is 23.1 Å². The number of carbonyl (C=O) groups is 1. The van der Waals surface area contributed by atoms with Crippen LogP contribution in [0.15, 0.2) is 71.5 Å². The van der Waals surface area contributed by atoms with E-state index in [9.17, 15) is 18.4 Å². The lowest BCUT2D eigenvalue weighted by Crippen LogP contribution is -2.35. The van der Waals surface area contributed by atoms with Crippen LogP contribution in [-0.4, -0.2) is 35.4 Å². The first-order chi connectivity index (χ1) is 17.0. The van der Waals surface area contributed by atoms with Crippen LogP contribution in [0.4, 0.5) is 8.78 Å². The van der Waals surface area contributed by atoms with Gasteiger partial charge >= 0.3 is 0 Å². The van der Waals surface area contributed by atoms with Crippen LogP contribution >= 0.6 is 0 Å². The van der Waals surface area contributed by atoms with Crippen LogP contribution in [0.25, 0.3) is 22.0 Å². The van der Waals surface area contributed by atoms with Crippen molar-refractivity contribution < 1.29 is 23.0 Å². The van der Waals surface area contributed by atoms with E-state index in [2.05, 4.69) is 10.4 Å². The Balaban J connectivity index is 1.45. The summed E-state index contributed by atoms with van der Waals surface area (Å²) >= 11 is 0. The van der Waals surface area contributed by atoms with Gasteiger partial charge in [-0.2, -0.15) is 5.10 Å². The van der Waals surface area contributed by atoms with E-state index in [0.717, 1.165) is 22.6 Å². The molecule has 0 spiro atoms. The lowest BCUT2D eigenvalue weighted by atomic mass is 10.0. The van der Waals surface area contributed by atoms with Gasteiger partial charge in [-0.15, -0.1) is 0 Å². The summed E-state index contributed by atoms with van der Waals surface area (Å²) in [4.78, 5) is 25.4. The zero-order valence-electron chi connectivity index (χ0n) is 19.0. The number of ether oxygens (including phenoxy) is 2. The third kappa shape index (κ3) is 5.63. The van der Waals surface area contributed by atoms with Gasteiger partial charge < -0.3 is 14.8 Å². The summed E-state index contributed by atoms with van der Waals surface area (Å²) in [5, 5.41) is 7.77. The number of benzene rings is 3. The minimum Gasteiger partial charge on any atom is -0.494 e. The second-order valence-corrected chi connectivity index (χ2v) is 7.59. The summed E-state index contributed by atoms with van der Waals surface area (Å²) in [5.74, 6) is -1.09. The minimum atomic E-state index is -1.03. The van der Waals surface area contributed by atoms with Gasteiger partial charge in [-0.1, -0.05) is 18.2 Å². The molecule has 0 saturated carbocycles. The van der Waals surface area contributed by atoms with Crippen LogP contribution in [0, 0.1) is 11.6 Å². The van der Waals surface area contributed by atoms with Gasteiger partial charge in [-0.3, -0.25) is 9.59 Å². The van der Waals surface area contributed by atoms with Crippen molar-refractivity contribution in [3.05, 3.63) is 88.7 Å². The summed E-state index contributed by atoms with van der Waals surface area (Å²) in [6.45, 7) is 2.56. The maximum absolute atomic E-state index is 13.9. The number of hydrogen-bond acceptors (Lipinski definition) is 5. The standard InChI is InChI=1S/C26H23F2N3O4/c1-2-34-18-8-10-19(11-9-18)35-14-13-29-24(32)16-31-26(33)21-6-4-3-5-20(21)25(30-31)17-7-12-22(27)23(28)15-17/h3-12,15H,2,13-14,16H2,1H3,(H,29,32). The molecule has 0 aliphatic rings. The van der Waals surface area contributed by atoms with Gasteiger partial charge in [-0.05, 0) is 55.5 Å². The smallest absolute Gasteiger partial charge is 0.275 e. The lowest BCUT2D eigenvalue weighted by Gasteiger charge is -2.12. The highest BCUT2D eigenvalue weighted by molar-refractivity contribution is 5.93. The van der Waals surface area contributed by atoms with Crippen molar-refractivity contribution >= 4 is 16.7 Å². The predicted octanol–water partition coefficient (Wildman–Crippen LogP) is 3.94. The summed E-state index contributed by atoms with van der Waals surface area (Å²) in [6, 6.07) is 17.2. The molecule has 0 atom stereocenters. The van der Waals surface area contributed by atoms with Crippen molar-refractivity contribution in [3.8, 4) is 22.8 Å². The topological polar surface area (TPSA) is 82.4 Å². The molecule has 1 aromatic heterocycles. The number of fused-ring (bicyclic) bond motifs is 1. The third-order valence-corrected chi connectivity index (χ3v) is 5.18. The molecular weight excluding hydrogens is 456 g/mol. The van der Waals surface area contributed by atoms with E-state index in [1.54, 1.807) is 48.5 Å². The first kappa shape index (κ1) is 23.9. The molecule has 180 valence electrons. The van der Waals surface area contributed by atoms with Crippen LogP contribution in [0.1, 0.15) is 6.92 Å². The highest BCUT2D eigenvalue weighted by atomic mass is 19.2. The Morgan fingerprint density at radius 1 is 0.943 bits per heavy atom. The average Bonchev–Trinajstić information content (AvgIpc) is 2.86. The van der Waals surface area contributed by atoms with Crippen molar-refractivity contribution in [1.82, 2.24) is 15.1 Å². The van der Waals surface area contributed by atoms with E-state index in [1.807, 2.05) is 6.92 Å². The normalized spacial score (nSPS) is 10.8. The van der Waals surface area contributed by atoms with Gasteiger partial charge in [0.2, 0.25) is 5.91 Å². The van der Waals surface area contributed by atoms with E-state index in [0.29, 0.717) is 23.1 Å². The average molecular weight is 479 g/mol. The zero-order chi connectivity index (χ0) is 24.8. The maximum Gasteiger partial charge on any atom is 0.275 e. The van der Waals surface area contributed by atoms with Gasteiger partial charge in [0.25, 0.3) is 5.56 Å². The lowest BCUT2D eigenvalue weighted by molar-refractivity contribution is -0.122. The summed E-state index contributed by atoms with van der Waals surface area (Å²) < 4.78 is 39.3. The van der Waals surface area contributed by atoms with E-state index in [-0.39, 0.29) is 31.0 Å². The fourth-order valence-electron chi connectivity index (χ4n) is 3.55.